The molecule has 1 N–H and O–H groups in total. The van der Waals surface area contributed by atoms with Gasteiger partial charge in [0.05, 0.1) is 11.6 Å². The van der Waals surface area contributed by atoms with Crippen molar-refractivity contribution < 1.29 is 5.11 Å². The van der Waals surface area contributed by atoms with Gasteiger partial charge in [0.15, 0.2) is 0 Å². The van der Waals surface area contributed by atoms with Crippen molar-refractivity contribution in [2.75, 3.05) is 13.1 Å². The molecule has 2 bridgehead atoms. The second-order valence-corrected chi connectivity index (χ2v) is 7.19. The summed E-state index contributed by atoms with van der Waals surface area (Å²) in [6.45, 7) is 6.05. The van der Waals surface area contributed by atoms with E-state index in [-0.39, 0.29) is 6.04 Å². The van der Waals surface area contributed by atoms with Gasteiger partial charge in [0, 0.05) is 29.2 Å². The average Bonchev–Trinajstić information content (AvgIpc) is 2.60. The van der Waals surface area contributed by atoms with E-state index in [4.69, 9.17) is 11.6 Å². The Morgan fingerprint density at radius 2 is 2.26 bits per heavy atom. The maximum atomic E-state index is 11.1. The molecule has 0 spiro atoms. The van der Waals surface area contributed by atoms with Gasteiger partial charge in [-0.1, -0.05) is 17.7 Å². The van der Waals surface area contributed by atoms with Gasteiger partial charge in [0.2, 0.25) is 0 Å². The highest BCUT2D eigenvalue weighted by molar-refractivity contribution is 6.31. The number of nitrogens with zero attached hydrogens (tertiary/aromatic N) is 2. The minimum Gasteiger partial charge on any atom is -0.387 e. The van der Waals surface area contributed by atoms with E-state index < -0.39 is 6.10 Å². The molecule has 4 heterocycles. The first kappa shape index (κ1) is 15.1. The van der Waals surface area contributed by atoms with Crippen molar-refractivity contribution in [3.8, 4) is 0 Å². The molecule has 1 aromatic carbocycles. The topological polar surface area (TPSA) is 36.4 Å². The van der Waals surface area contributed by atoms with Crippen molar-refractivity contribution in [3.63, 3.8) is 0 Å². The predicted molar refractivity (Wildman–Crippen MR) is 93.5 cm³/mol. The van der Waals surface area contributed by atoms with Gasteiger partial charge in [-0.05, 0) is 61.1 Å². The second kappa shape index (κ2) is 5.90. The van der Waals surface area contributed by atoms with Crippen molar-refractivity contribution in [2.24, 2.45) is 11.8 Å². The Kier molecular flexibility index (Phi) is 3.88. The Hall–Kier alpha value is -1.42. The van der Waals surface area contributed by atoms with Crippen LogP contribution in [-0.4, -0.2) is 34.1 Å². The summed E-state index contributed by atoms with van der Waals surface area (Å²) in [4.78, 5) is 6.81. The lowest BCUT2D eigenvalue weighted by Gasteiger charge is -2.50. The van der Waals surface area contributed by atoms with Crippen LogP contribution in [-0.2, 0) is 0 Å². The van der Waals surface area contributed by atoms with Gasteiger partial charge in [0.25, 0.3) is 0 Å². The summed E-state index contributed by atoms with van der Waals surface area (Å²) in [5.74, 6) is 1.21. The molecule has 5 atom stereocenters. The molecule has 0 radical (unpaired) electrons. The Morgan fingerprint density at radius 3 is 3.00 bits per heavy atom. The van der Waals surface area contributed by atoms with E-state index >= 15 is 0 Å². The van der Waals surface area contributed by atoms with E-state index in [2.05, 4.69) is 22.5 Å². The summed E-state index contributed by atoms with van der Waals surface area (Å²) in [6, 6.07) is 7.76. The Balaban J connectivity index is 1.69. The van der Waals surface area contributed by atoms with E-state index in [9.17, 15) is 5.11 Å². The Morgan fingerprint density at radius 1 is 1.39 bits per heavy atom. The van der Waals surface area contributed by atoms with E-state index in [0.29, 0.717) is 16.9 Å². The fourth-order valence-electron chi connectivity index (χ4n) is 4.31. The number of piperidine rings is 3. The van der Waals surface area contributed by atoms with Crippen molar-refractivity contribution in [1.29, 1.82) is 0 Å². The zero-order valence-corrected chi connectivity index (χ0v) is 13.8. The number of halogens is 1. The molecule has 1 unspecified atom stereocenters. The smallest absolute Gasteiger partial charge is 0.0952 e. The number of aliphatic hydroxyl groups is 1. The average molecular weight is 329 g/mol. The van der Waals surface area contributed by atoms with E-state index in [1.54, 1.807) is 6.20 Å². The monoisotopic (exact) mass is 328 g/mol. The molecule has 1 aromatic heterocycles. The van der Waals surface area contributed by atoms with Gasteiger partial charge in [-0.25, -0.2) is 0 Å². The van der Waals surface area contributed by atoms with E-state index in [1.807, 2.05) is 24.3 Å². The lowest BCUT2D eigenvalue weighted by Crippen LogP contribution is -2.54. The summed E-state index contributed by atoms with van der Waals surface area (Å²) in [5, 5.41) is 12.7. The number of benzene rings is 1. The van der Waals surface area contributed by atoms with Gasteiger partial charge in [-0.15, -0.1) is 6.58 Å². The van der Waals surface area contributed by atoms with E-state index in [1.165, 1.54) is 6.42 Å². The zero-order chi connectivity index (χ0) is 16.0. The zero-order valence-electron chi connectivity index (χ0n) is 13.0. The fraction of sp³-hybridized carbons (Fsp3) is 0.421. The van der Waals surface area contributed by atoms with Crippen LogP contribution in [0.2, 0.25) is 5.02 Å². The molecular formula is C19H21ClN2O. The molecule has 4 heteroatoms. The number of hydrogen-bond donors (Lipinski definition) is 1. The van der Waals surface area contributed by atoms with Crippen LogP contribution in [0.1, 0.15) is 24.5 Å². The normalized spacial score (nSPS) is 31.2. The van der Waals surface area contributed by atoms with Crippen LogP contribution in [0.3, 0.4) is 0 Å². The van der Waals surface area contributed by atoms with Crippen molar-refractivity contribution >= 4 is 22.5 Å². The number of aliphatic hydroxyl groups excluding tert-OH is 1. The van der Waals surface area contributed by atoms with Gasteiger partial charge in [0.1, 0.15) is 0 Å². The lowest BCUT2D eigenvalue weighted by molar-refractivity contribution is -0.0444. The number of rotatable bonds is 3. The van der Waals surface area contributed by atoms with Crippen molar-refractivity contribution in [1.82, 2.24) is 9.88 Å². The molecule has 2 aromatic rings. The van der Waals surface area contributed by atoms with Crippen LogP contribution in [0.15, 0.2) is 43.1 Å². The number of hydrogen-bond acceptors (Lipinski definition) is 3. The van der Waals surface area contributed by atoms with Gasteiger partial charge >= 0.3 is 0 Å². The molecule has 3 aliphatic rings. The molecule has 3 aliphatic heterocycles. The molecule has 120 valence electrons. The number of pyridine rings is 1. The van der Waals surface area contributed by atoms with Crippen LogP contribution in [0.4, 0.5) is 0 Å². The molecule has 0 amide bonds. The van der Waals surface area contributed by atoms with Crippen LogP contribution in [0.5, 0.6) is 0 Å². The minimum absolute atomic E-state index is 0.175. The predicted octanol–water partition coefficient (Wildman–Crippen LogP) is 3.82. The summed E-state index contributed by atoms with van der Waals surface area (Å²) in [7, 11) is 0. The minimum atomic E-state index is -0.507. The highest BCUT2D eigenvalue weighted by Crippen LogP contribution is 2.42. The fourth-order valence-corrected chi connectivity index (χ4v) is 4.48. The van der Waals surface area contributed by atoms with Crippen LogP contribution < -0.4 is 0 Å². The van der Waals surface area contributed by atoms with Crippen molar-refractivity contribution in [2.45, 2.75) is 25.0 Å². The molecule has 3 saturated heterocycles. The second-order valence-electron chi connectivity index (χ2n) is 6.75. The molecular weight excluding hydrogens is 308 g/mol. The first-order valence-electron chi connectivity index (χ1n) is 8.26. The Labute approximate surface area is 141 Å². The maximum Gasteiger partial charge on any atom is 0.0952 e. The molecule has 5 rings (SSSR count). The molecule has 0 saturated carbocycles. The maximum absolute atomic E-state index is 11.1. The van der Waals surface area contributed by atoms with Crippen LogP contribution in [0, 0.1) is 11.8 Å². The highest BCUT2D eigenvalue weighted by atomic mass is 35.5. The molecule has 23 heavy (non-hydrogen) atoms. The van der Waals surface area contributed by atoms with Gasteiger partial charge < -0.3 is 5.11 Å². The highest BCUT2D eigenvalue weighted by Gasteiger charge is 2.42. The summed E-state index contributed by atoms with van der Waals surface area (Å²) in [6.07, 6.45) is 5.59. The molecule has 0 aliphatic carbocycles. The standard InChI is InChI=1S/C19H21ClN2O/c1-2-12-11-22-8-6-13(12)9-18(22)19(23)15-5-7-21-17-4-3-14(20)10-16(15)17/h2-5,7,10,12-13,18-19,23H,1,6,8-9,11H2/t12-,13-,18+,19-/m0/s1. The molecule has 3 fully saturated rings. The number of fused-ring (bicyclic) bond motifs is 4. The molecule has 3 nitrogen and oxygen atoms in total. The quantitative estimate of drug-likeness (QED) is 0.870. The largest absolute Gasteiger partial charge is 0.387 e. The third kappa shape index (κ3) is 2.57. The van der Waals surface area contributed by atoms with Crippen molar-refractivity contribution in [3.05, 3.63) is 53.7 Å². The SMILES string of the molecule is C=C[C@H]1CN2CC[C@H]1C[C@@H]2[C@@H](O)c1ccnc2ccc(Cl)cc12. The summed E-state index contributed by atoms with van der Waals surface area (Å²) in [5.41, 5.74) is 1.82. The third-order valence-corrected chi connectivity index (χ3v) is 5.81. The van der Waals surface area contributed by atoms with Crippen LogP contribution >= 0.6 is 11.6 Å². The van der Waals surface area contributed by atoms with Gasteiger partial charge in [-0.3, -0.25) is 9.88 Å². The summed E-state index contributed by atoms with van der Waals surface area (Å²) < 4.78 is 0. The van der Waals surface area contributed by atoms with Crippen LogP contribution in [0.25, 0.3) is 10.9 Å². The van der Waals surface area contributed by atoms with E-state index in [0.717, 1.165) is 36.0 Å². The third-order valence-electron chi connectivity index (χ3n) is 5.57. The first-order chi connectivity index (χ1) is 11.2. The number of aromatic nitrogens is 1. The lowest BCUT2D eigenvalue weighted by atomic mass is 9.73. The first-order valence-corrected chi connectivity index (χ1v) is 8.64. The summed E-state index contributed by atoms with van der Waals surface area (Å²) >= 11 is 6.15. The Bertz CT molecular complexity index is 747. The van der Waals surface area contributed by atoms with Gasteiger partial charge in [-0.2, -0.15) is 0 Å².